The Bertz CT molecular complexity index is 593. The van der Waals surface area contributed by atoms with Crippen LogP contribution in [0, 0.1) is 20.8 Å². The maximum absolute atomic E-state index is 10.6. The van der Waals surface area contributed by atoms with E-state index in [1.54, 1.807) is 7.11 Å². The minimum absolute atomic E-state index is 0.644. The first-order valence-electron chi connectivity index (χ1n) is 6.29. The van der Waals surface area contributed by atoms with Crippen LogP contribution in [0.3, 0.4) is 0 Å². The van der Waals surface area contributed by atoms with Crippen molar-refractivity contribution in [1.29, 1.82) is 0 Å². The topological polar surface area (TPSA) is 42.4 Å². The summed E-state index contributed by atoms with van der Waals surface area (Å²) in [6, 6.07) is 9.61. The van der Waals surface area contributed by atoms with Gasteiger partial charge < -0.3 is 9.84 Å². The fourth-order valence-electron chi connectivity index (χ4n) is 2.32. The number of methoxy groups -OCH3 is 1. The Morgan fingerprint density at radius 1 is 1.16 bits per heavy atom. The molecular formula is C16H19NO2. The number of ether oxygens (including phenoxy) is 1. The van der Waals surface area contributed by atoms with Gasteiger partial charge in [-0.1, -0.05) is 12.1 Å². The first-order chi connectivity index (χ1) is 9.02. The van der Waals surface area contributed by atoms with Gasteiger partial charge in [-0.25, -0.2) is 0 Å². The van der Waals surface area contributed by atoms with E-state index in [1.807, 2.05) is 51.1 Å². The number of hydrogen-bond acceptors (Lipinski definition) is 3. The molecule has 0 spiro atoms. The second-order valence-electron chi connectivity index (χ2n) is 4.80. The predicted octanol–water partition coefficient (Wildman–Crippen LogP) is 3.10. The third-order valence-corrected chi connectivity index (χ3v) is 3.18. The molecule has 1 atom stereocenters. The van der Waals surface area contributed by atoms with Gasteiger partial charge >= 0.3 is 0 Å². The molecule has 1 unspecified atom stereocenters. The van der Waals surface area contributed by atoms with E-state index in [0.29, 0.717) is 11.4 Å². The molecule has 0 saturated heterocycles. The lowest BCUT2D eigenvalue weighted by atomic mass is 9.97. The normalized spacial score (nSPS) is 12.3. The zero-order valence-corrected chi connectivity index (χ0v) is 11.8. The molecule has 0 aliphatic heterocycles. The molecule has 0 amide bonds. The second-order valence-corrected chi connectivity index (χ2v) is 4.80. The maximum Gasteiger partial charge on any atom is 0.125 e. The molecule has 1 aromatic carbocycles. The van der Waals surface area contributed by atoms with Crippen LogP contribution in [0.15, 0.2) is 30.3 Å². The van der Waals surface area contributed by atoms with Gasteiger partial charge in [-0.05, 0) is 50.1 Å². The van der Waals surface area contributed by atoms with Gasteiger partial charge in [0.2, 0.25) is 0 Å². The van der Waals surface area contributed by atoms with Gasteiger partial charge in [-0.2, -0.15) is 0 Å². The van der Waals surface area contributed by atoms with Crippen molar-refractivity contribution >= 4 is 0 Å². The quantitative estimate of drug-likeness (QED) is 0.918. The number of aromatic nitrogens is 1. The monoisotopic (exact) mass is 257 g/mol. The highest BCUT2D eigenvalue weighted by Gasteiger charge is 2.19. The Labute approximate surface area is 113 Å². The number of rotatable bonds is 3. The molecule has 1 N–H and O–H groups in total. The molecular weight excluding hydrogens is 238 g/mol. The van der Waals surface area contributed by atoms with E-state index in [9.17, 15) is 5.11 Å². The summed E-state index contributed by atoms with van der Waals surface area (Å²) in [4.78, 5) is 4.38. The molecule has 0 aliphatic rings. The summed E-state index contributed by atoms with van der Waals surface area (Å²) in [6.45, 7) is 5.90. The number of aliphatic hydroxyl groups excluding tert-OH is 1. The molecule has 0 radical (unpaired) electrons. The molecule has 100 valence electrons. The van der Waals surface area contributed by atoms with Gasteiger partial charge in [-0.3, -0.25) is 4.98 Å². The number of aliphatic hydroxyl groups is 1. The number of benzene rings is 1. The van der Waals surface area contributed by atoms with Crippen molar-refractivity contribution in [2.45, 2.75) is 26.9 Å². The highest BCUT2D eigenvalue weighted by molar-refractivity contribution is 5.46. The van der Waals surface area contributed by atoms with Gasteiger partial charge in [0.15, 0.2) is 0 Å². The Morgan fingerprint density at radius 2 is 1.89 bits per heavy atom. The van der Waals surface area contributed by atoms with E-state index in [0.717, 1.165) is 22.4 Å². The second kappa shape index (κ2) is 5.41. The average Bonchev–Trinajstić information content (AvgIpc) is 2.37. The molecule has 2 aromatic rings. The molecule has 3 nitrogen and oxygen atoms in total. The van der Waals surface area contributed by atoms with Crippen LogP contribution >= 0.6 is 0 Å². The van der Waals surface area contributed by atoms with E-state index < -0.39 is 6.10 Å². The molecule has 0 fully saturated rings. The summed E-state index contributed by atoms with van der Waals surface area (Å²) in [7, 11) is 1.62. The Kier molecular flexibility index (Phi) is 3.86. The van der Waals surface area contributed by atoms with Crippen LogP contribution in [-0.4, -0.2) is 17.2 Å². The van der Waals surface area contributed by atoms with E-state index in [1.165, 1.54) is 0 Å². The third-order valence-electron chi connectivity index (χ3n) is 3.18. The summed E-state index contributed by atoms with van der Waals surface area (Å²) in [5.74, 6) is 0.702. The van der Waals surface area contributed by atoms with Crippen LogP contribution in [0.1, 0.15) is 34.2 Å². The zero-order valence-electron chi connectivity index (χ0n) is 11.8. The van der Waals surface area contributed by atoms with E-state index >= 15 is 0 Å². The Hall–Kier alpha value is -1.87. The summed E-state index contributed by atoms with van der Waals surface area (Å²) >= 11 is 0. The van der Waals surface area contributed by atoms with Crippen molar-refractivity contribution < 1.29 is 9.84 Å². The van der Waals surface area contributed by atoms with E-state index in [2.05, 4.69) is 4.98 Å². The highest BCUT2D eigenvalue weighted by Crippen LogP contribution is 2.33. The van der Waals surface area contributed by atoms with Gasteiger partial charge in [-0.15, -0.1) is 0 Å². The molecule has 19 heavy (non-hydrogen) atoms. The zero-order chi connectivity index (χ0) is 14.0. The summed E-state index contributed by atoms with van der Waals surface area (Å²) < 4.78 is 5.39. The first-order valence-corrected chi connectivity index (χ1v) is 6.29. The van der Waals surface area contributed by atoms with Crippen molar-refractivity contribution in [3.05, 3.63) is 58.4 Å². The molecule has 0 saturated carbocycles. The summed E-state index contributed by atoms with van der Waals surface area (Å²) in [5.41, 5.74) is 4.44. The number of hydrogen-bond donors (Lipinski definition) is 1. The average molecular weight is 257 g/mol. The van der Waals surface area contributed by atoms with Crippen LogP contribution < -0.4 is 4.74 Å². The van der Waals surface area contributed by atoms with E-state index in [4.69, 9.17) is 4.74 Å². The van der Waals surface area contributed by atoms with Crippen LogP contribution in [-0.2, 0) is 0 Å². The van der Waals surface area contributed by atoms with Crippen molar-refractivity contribution in [3.63, 3.8) is 0 Å². The van der Waals surface area contributed by atoms with Gasteiger partial charge in [0, 0.05) is 11.3 Å². The van der Waals surface area contributed by atoms with Crippen molar-refractivity contribution in [1.82, 2.24) is 4.98 Å². The lowest BCUT2D eigenvalue weighted by Crippen LogP contribution is -2.07. The van der Waals surface area contributed by atoms with Gasteiger partial charge in [0.05, 0.1) is 12.8 Å². The molecule has 0 bridgehead atoms. The number of aryl methyl sites for hydroxylation is 3. The van der Waals surface area contributed by atoms with Crippen LogP contribution in [0.2, 0.25) is 0 Å². The van der Waals surface area contributed by atoms with Crippen LogP contribution in [0.25, 0.3) is 0 Å². The largest absolute Gasteiger partial charge is 0.496 e. The van der Waals surface area contributed by atoms with Crippen LogP contribution in [0.4, 0.5) is 0 Å². The van der Waals surface area contributed by atoms with Crippen molar-refractivity contribution in [2.75, 3.05) is 7.11 Å². The minimum Gasteiger partial charge on any atom is -0.496 e. The summed E-state index contributed by atoms with van der Waals surface area (Å²) in [5, 5.41) is 10.6. The van der Waals surface area contributed by atoms with Gasteiger partial charge in [0.1, 0.15) is 11.9 Å². The fourth-order valence-corrected chi connectivity index (χ4v) is 2.32. The Balaban J connectivity index is 2.52. The first kappa shape index (κ1) is 13.6. The third kappa shape index (κ3) is 2.76. The minimum atomic E-state index is -0.768. The Morgan fingerprint density at radius 3 is 2.53 bits per heavy atom. The van der Waals surface area contributed by atoms with Crippen LogP contribution in [0.5, 0.6) is 5.75 Å². The summed E-state index contributed by atoms with van der Waals surface area (Å²) in [6.07, 6.45) is -0.768. The SMILES string of the molecule is COc1cc(C)cc(C)c1C(O)c1cccc(C)n1. The smallest absolute Gasteiger partial charge is 0.125 e. The molecule has 1 heterocycles. The van der Waals surface area contributed by atoms with Gasteiger partial charge in [0.25, 0.3) is 0 Å². The van der Waals surface area contributed by atoms with Crippen molar-refractivity contribution in [2.24, 2.45) is 0 Å². The number of pyridine rings is 1. The number of nitrogens with zero attached hydrogens (tertiary/aromatic N) is 1. The maximum atomic E-state index is 10.6. The molecule has 2 rings (SSSR count). The lowest BCUT2D eigenvalue weighted by molar-refractivity contribution is 0.209. The molecule has 0 aliphatic carbocycles. The lowest BCUT2D eigenvalue weighted by Gasteiger charge is -2.18. The fraction of sp³-hybridized carbons (Fsp3) is 0.312. The molecule has 3 heteroatoms. The van der Waals surface area contributed by atoms with E-state index in [-0.39, 0.29) is 0 Å². The highest BCUT2D eigenvalue weighted by atomic mass is 16.5. The predicted molar refractivity (Wildman–Crippen MR) is 75.5 cm³/mol. The van der Waals surface area contributed by atoms with Crippen molar-refractivity contribution in [3.8, 4) is 5.75 Å². The standard InChI is InChI=1S/C16H19NO2/c1-10-8-11(2)15(14(9-10)19-4)16(18)13-7-5-6-12(3)17-13/h5-9,16,18H,1-4H3. The molecule has 1 aromatic heterocycles.